The first kappa shape index (κ1) is 14.4. The van der Waals surface area contributed by atoms with Crippen molar-refractivity contribution in [1.82, 2.24) is 5.32 Å². The molecule has 5 nitrogen and oxygen atoms in total. The lowest BCUT2D eigenvalue weighted by atomic mass is 10.2. The average Bonchev–Trinajstić information content (AvgIpc) is 2.18. The van der Waals surface area contributed by atoms with E-state index in [0.717, 1.165) is 12.8 Å². The average molecular weight is 236 g/mol. The van der Waals surface area contributed by atoms with E-state index in [1.54, 1.807) is 6.92 Å². The second kappa shape index (κ2) is 7.64. The largest absolute Gasteiger partial charge is 0.355 e. The van der Waals surface area contributed by atoms with Gasteiger partial charge in [0.25, 0.3) is 0 Å². The Morgan fingerprint density at radius 2 is 2.00 bits per heavy atom. The molecule has 0 aliphatic heterocycles. The van der Waals surface area contributed by atoms with Gasteiger partial charge in [0.1, 0.15) is 0 Å². The summed E-state index contributed by atoms with van der Waals surface area (Å²) >= 11 is 0. The number of sulfone groups is 1. The number of carbonyl (C=O) groups excluding carboxylic acids is 1. The molecule has 15 heavy (non-hydrogen) atoms. The van der Waals surface area contributed by atoms with Crippen molar-refractivity contribution in [3.63, 3.8) is 0 Å². The maximum absolute atomic E-state index is 11.1. The smallest absolute Gasteiger partial charge is 0.220 e. The fourth-order valence-corrected chi connectivity index (χ4v) is 1.71. The van der Waals surface area contributed by atoms with E-state index in [2.05, 4.69) is 5.32 Å². The molecule has 1 amide bonds. The van der Waals surface area contributed by atoms with Gasteiger partial charge in [-0.25, -0.2) is 8.42 Å². The van der Waals surface area contributed by atoms with Crippen molar-refractivity contribution >= 4 is 15.7 Å². The lowest BCUT2D eigenvalue weighted by Gasteiger charge is -2.04. The van der Waals surface area contributed by atoms with Crippen LogP contribution < -0.4 is 11.1 Å². The molecule has 6 heteroatoms. The zero-order valence-corrected chi connectivity index (χ0v) is 9.98. The van der Waals surface area contributed by atoms with Crippen LogP contribution in [0.5, 0.6) is 0 Å². The third kappa shape index (κ3) is 8.38. The minimum absolute atomic E-state index is 0.0200. The van der Waals surface area contributed by atoms with Gasteiger partial charge in [0, 0.05) is 18.7 Å². The maximum atomic E-state index is 11.1. The Balaban J connectivity index is 3.55. The lowest BCUT2D eigenvalue weighted by molar-refractivity contribution is -0.121. The molecule has 0 aliphatic rings. The minimum Gasteiger partial charge on any atom is -0.355 e. The Kier molecular flexibility index (Phi) is 7.33. The van der Waals surface area contributed by atoms with Gasteiger partial charge >= 0.3 is 0 Å². The SMILES string of the molecule is CCS(=O)(=O)CCNC(=O)CCCCN. The van der Waals surface area contributed by atoms with Crippen LogP contribution in [0.4, 0.5) is 0 Å². The summed E-state index contributed by atoms with van der Waals surface area (Å²) in [6, 6.07) is 0. The van der Waals surface area contributed by atoms with Gasteiger partial charge in [0.05, 0.1) is 5.75 Å². The molecule has 0 heterocycles. The maximum Gasteiger partial charge on any atom is 0.220 e. The normalized spacial score (nSPS) is 11.3. The first-order chi connectivity index (χ1) is 7.02. The molecular weight excluding hydrogens is 216 g/mol. The molecule has 0 saturated heterocycles. The summed E-state index contributed by atoms with van der Waals surface area (Å²) in [7, 11) is -2.98. The first-order valence-electron chi connectivity index (χ1n) is 5.19. The van der Waals surface area contributed by atoms with E-state index in [4.69, 9.17) is 5.73 Å². The van der Waals surface area contributed by atoms with Gasteiger partial charge in [-0.3, -0.25) is 4.79 Å². The van der Waals surface area contributed by atoms with Crippen LogP contribution in [0.2, 0.25) is 0 Å². The van der Waals surface area contributed by atoms with Crippen molar-refractivity contribution in [3.05, 3.63) is 0 Å². The van der Waals surface area contributed by atoms with Crippen molar-refractivity contribution in [2.45, 2.75) is 26.2 Å². The van der Waals surface area contributed by atoms with Crippen molar-refractivity contribution < 1.29 is 13.2 Å². The summed E-state index contributed by atoms with van der Waals surface area (Å²) in [5, 5.41) is 2.57. The zero-order chi connectivity index (χ0) is 11.7. The van der Waals surface area contributed by atoms with Crippen LogP contribution in [0, 0.1) is 0 Å². The second-order valence-corrected chi connectivity index (χ2v) is 5.80. The van der Waals surface area contributed by atoms with Crippen molar-refractivity contribution in [3.8, 4) is 0 Å². The lowest BCUT2D eigenvalue weighted by Crippen LogP contribution is -2.29. The number of hydrogen-bond acceptors (Lipinski definition) is 4. The highest BCUT2D eigenvalue weighted by Gasteiger charge is 2.07. The van der Waals surface area contributed by atoms with Crippen LogP contribution in [0.3, 0.4) is 0 Å². The van der Waals surface area contributed by atoms with Crippen LogP contribution in [0.15, 0.2) is 0 Å². The first-order valence-corrected chi connectivity index (χ1v) is 7.01. The van der Waals surface area contributed by atoms with E-state index in [-0.39, 0.29) is 24.0 Å². The highest BCUT2D eigenvalue weighted by molar-refractivity contribution is 7.91. The Hall–Kier alpha value is -0.620. The minimum atomic E-state index is -2.98. The van der Waals surface area contributed by atoms with Gasteiger partial charge in [-0.1, -0.05) is 6.92 Å². The predicted molar refractivity (Wildman–Crippen MR) is 60.2 cm³/mol. The number of hydrogen-bond donors (Lipinski definition) is 2. The number of rotatable bonds is 8. The van der Waals surface area contributed by atoms with E-state index in [9.17, 15) is 13.2 Å². The van der Waals surface area contributed by atoms with Crippen molar-refractivity contribution in [2.75, 3.05) is 24.6 Å². The highest BCUT2D eigenvalue weighted by atomic mass is 32.2. The Morgan fingerprint density at radius 3 is 2.53 bits per heavy atom. The molecule has 90 valence electrons. The topological polar surface area (TPSA) is 89.3 Å². The fourth-order valence-electron chi connectivity index (χ4n) is 1.01. The fraction of sp³-hybridized carbons (Fsp3) is 0.889. The molecule has 0 aromatic rings. The number of amides is 1. The van der Waals surface area contributed by atoms with Crippen LogP contribution in [0.25, 0.3) is 0 Å². The summed E-state index contributed by atoms with van der Waals surface area (Å²) in [6.45, 7) is 2.38. The Bertz CT molecular complexity index is 275. The number of nitrogens with two attached hydrogens (primary N) is 1. The van der Waals surface area contributed by atoms with Crippen molar-refractivity contribution in [1.29, 1.82) is 0 Å². The van der Waals surface area contributed by atoms with E-state index < -0.39 is 9.84 Å². The molecule has 3 N–H and O–H groups in total. The molecule has 0 aromatic heterocycles. The standard InChI is InChI=1S/C9H20N2O3S/c1-2-15(13,14)8-7-11-9(12)5-3-4-6-10/h2-8,10H2,1H3,(H,11,12). The van der Waals surface area contributed by atoms with Crippen LogP contribution in [-0.2, 0) is 14.6 Å². The number of nitrogens with one attached hydrogen (secondary N) is 1. The Morgan fingerprint density at radius 1 is 1.33 bits per heavy atom. The predicted octanol–water partition coefficient (Wildman–Crippen LogP) is -0.334. The van der Waals surface area contributed by atoms with Gasteiger partial charge in [-0.2, -0.15) is 0 Å². The van der Waals surface area contributed by atoms with E-state index in [1.165, 1.54) is 0 Å². The molecule has 0 bridgehead atoms. The van der Waals surface area contributed by atoms with Gasteiger partial charge in [0.2, 0.25) is 5.91 Å². The third-order valence-corrected chi connectivity index (χ3v) is 3.74. The summed E-state index contributed by atoms with van der Waals surface area (Å²) in [5.41, 5.74) is 5.28. The molecule has 0 aliphatic carbocycles. The summed E-state index contributed by atoms with van der Waals surface area (Å²) < 4.78 is 22.1. The van der Waals surface area contributed by atoms with Gasteiger partial charge in [-0.05, 0) is 19.4 Å². The van der Waals surface area contributed by atoms with E-state index >= 15 is 0 Å². The van der Waals surface area contributed by atoms with Gasteiger partial charge in [-0.15, -0.1) is 0 Å². The van der Waals surface area contributed by atoms with Crippen LogP contribution in [0.1, 0.15) is 26.2 Å². The monoisotopic (exact) mass is 236 g/mol. The zero-order valence-electron chi connectivity index (χ0n) is 9.16. The highest BCUT2D eigenvalue weighted by Crippen LogP contribution is 1.93. The molecular formula is C9H20N2O3S. The molecule has 0 fully saturated rings. The van der Waals surface area contributed by atoms with Gasteiger partial charge < -0.3 is 11.1 Å². The van der Waals surface area contributed by atoms with Crippen LogP contribution in [-0.4, -0.2) is 38.9 Å². The molecule has 0 atom stereocenters. The molecule has 0 saturated carbocycles. The molecule has 0 radical (unpaired) electrons. The molecule has 0 unspecified atom stereocenters. The second-order valence-electron chi connectivity index (χ2n) is 3.33. The molecule has 0 spiro atoms. The van der Waals surface area contributed by atoms with Gasteiger partial charge in [0.15, 0.2) is 9.84 Å². The summed E-state index contributed by atoms with van der Waals surface area (Å²) in [5.74, 6) is 0.0390. The third-order valence-electron chi connectivity index (χ3n) is 2.03. The number of unbranched alkanes of at least 4 members (excludes halogenated alkanes) is 1. The van der Waals surface area contributed by atoms with Crippen LogP contribution >= 0.6 is 0 Å². The quantitative estimate of drug-likeness (QED) is 0.565. The van der Waals surface area contributed by atoms with E-state index in [1.807, 2.05) is 0 Å². The Labute approximate surface area is 91.3 Å². The molecule has 0 aromatic carbocycles. The number of carbonyl (C=O) groups is 1. The van der Waals surface area contributed by atoms with E-state index in [0.29, 0.717) is 13.0 Å². The summed E-state index contributed by atoms with van der Waals surface area (Å²) in [6.07, 6.45) is 1.99. The molecule has 0 rings (SSSR count). The van der Waals surface area contributed by atoms with Crippen molar-refractivity contribution in [2.24, 2.45) is 5.73 Å². The summed E-state index contributed by atoms with van der Waals surface area (Å²) in [4.78, 5) is 11.1.